The van der Waals surface area contributed by atoms with Gasteiger partial charge in [-0.1, -0.05) is 0 Å². The monoisotopic (exact) mass is 599 g/mol. The van der Waals surface area contributed by atoms with Crippen molar-refractivity contribution in [3.05, 3.63) is 0 Å². The first-order valence-electron chi connectivity index (χ1n) is 7.22. The average Bonchev–Trinajstić information content (AvgIpc) is 2.57. The Bertz CT molecular complexity index is 782. The van der Waals surface area contributed by atoms with E-state index in [2.05, 4.69) is 0 Å². The molecule has 0 atom stereocenters. The highest BCUT2D eigenvalue weighted by atomic mass is 19.4. The molecule has 36 heavy (non-hydrogen) atoms. The second kappa shape index (κ2) is 8.26. The first kappa shape index (κ1) is 34.0. The first-order chi connectivity index (χ1) is 15.1. The molecule has 216 valence electrons. The summed E-state index contributed by atoms with van der Waals surface area (Å²) in [6, 6.07) is -33.1. The second-order valence-corrected chi connectivity index (χ2v) is 6.10. The summed E-state index contributed by atoms with van der Waals surface area (Å²) in [5.74, 6) is -44.0. The van der Waals surface area contributed by atoms with Crippen molar-refractivity contribution in [2.24, 2.45) is 0 Å². The SMILES string of the molecule is O=C(F)C(F)(F)C(F)(F)N(C(F)(F)C(F)(F)C(F)(F)C(F)(F)F)C(F)(F)C(F)(F)C(F)(F)C(F)(F)F. The fraction of sp³-hybridized carbons (Fsp3) is 0.909. The minimum Gasteiger partial charge on any atom is -0.254 e. The number of carbonyl (C=O) groups is 1. The molecule has 0 radical (unpaired) electrons. The Balaban J connectivity index is 7.88. The van der Waals surface area contributed by atoms with Gasteiger partial charge in [-0.25, -0.2) is 0 Å². The third-order valence-electron chi connectivity index (χ3n) is 3.72. The summed E-state index contributed by atoms with van der Waals surface area (Å²) in [4.78, 5) is 4.17. The van der Waals surface area contributed by atoms with E-state index in [0.29, 0.717) is 0 Å². The van der Waals surface area contributed by atoms with Crippen LogP contribution in [0.1, 0.15) is 0 Å². The summed E-state index contributed by atoms with van der Waals surface area (Å²) >= 11 is 0. The van der Waals surface area contributed by atoms with Crippen molar-refractivity contribution in [1.29, 1.82) is 0 Å². The summed E-state index contributed by atoms with van der Waals surface area (Å²) < 4.78 is 297. The van der Waals surface area contributed by atoms with Crippen molar-refractivity contribution in [2.75, 3.05) is 0 Å². The molecular weight excluding hydrogens is 599 g/mol. The lowest BCUT2D eigenvalue weighted by Crippen LogP contribution is -2.80. The van der Waals surface area contributed by atoms with Crippen LogP contribution in [0.5, 0.6) is 0 Å². The van der Waals surface area contributed by atoms with Crippen LogP contribution >= 0.6 is 0 Å². The molecule has 0 N–H and O–H groups in total. The van der Waals surface area contributed by atoms with Gasteiger partial charge >= 0.3 is 66.1 Å². The van der Waals surface area contributed by atoms with Gasteiger partial charge in [0.25, 0.3) is 0 Å². The number of halogens is 23. The molecular formula is C11F23NO. The van der Waals surface area contributed by atoms with Crippen LogP contribution in [0.3, 0.4) is 0 Å². The topological polar surface area (TPSA) is 20.3 Å². The first-order valence-corrected chi connectivity index (χ1v) is 7.22. The molecule has 2 nitrogen and oxygen atoms in total. The van der Waals surface area contributed by atoms with Gasteiger partial charge in [0.2, 0.25) is 0 Å². The van der Waals surface area contributed by atoms with Crippen molar-refractivity contribution < 1.29 is 106 Å². The molecule has 0 fully saturated rings. The Hall–Kier alpha value is -1.98. The summed E-state index contributed by atoms with van der Waals surface area (Å²) in [7, 11) is 0. The maximum atomic E-state index is 13.7. The summed E-state index contributed by atoms with van der Waals surface area (Å²) in [6.07, 6.45) is -16.5. The van der Waals surface area contributed by atoms with Crippen LogP contribution in [0.4, 0.5) is 101 Å². The highest BCUT2D eigenvalue weighted by molar-refractivity contribution is 5.77. The third-order valence-corrected chi connectivity index (χ3v) is 3.72. The van der Waals surface area contributed by atoms with Gasteiger partial charge in [0.1, 0.15) is 0 Å². The molecule has 0 aliphatic heterocycles. The van der Waals surface area contributed by atoms with E-state index in [0.717, 1.165) is 0 Å². The molecule has 0 saturated heterocycles. The van der Waals surface area contributed by atoms with E-state index < -0.39 is 71.0 Å². The zero-order valence-corrected chi connectivity index (χ0v) is 15.0. The second-order valence-electron chi connectivity index (χ2n) is 6.10. The van der Waals surface area contributed by atoms with Crippen molar-refractivity contribution in [1.82, 2.24) is 4.90 Å². The Morgan fingerprint density at radius 1 is 0.389 bits per heavy atom. The van der Waals surface area contributed by atoms with Crippen molar-refractivity contribution in [3.63, 3.8) is 0 Å². The van der Waals surface area contributed by atoms with E-state index in [4.69, 9.17) is 0 Å². The predicted molar refractivity (Wildman–Crippen MR) is 59.6 cm³/mol. The van der Waals surface area contributed by atoms with E-state index in [9.17, 15) is 106 Å². The normalized spacial score (nSPS) is 16.6. The molecule has 25 heteroatoms. The van der Waals surface area contributed by atoms with Crippen LogP contribution in [0, 0.1) is 0 Å². The molecule has 0 bridgehead atoms. The largest absolute Gasteiger partial charge is 0.460 e. The number of rotatable bonds is 9. The fourth-order valence-corrected chi connectivity index (χ4v) is 1.80. The Labute approximate surface area is 178 Å². The number of hydrogen-bond donors (Lipinski definition) is 0. The summed E-state index contributed by atoms with van der Waals surface area (Å²) in [5, 5.41) is 0. The lowest BCUT2D eigenvalue weighted by atomic mass is 10.0. The van der Waals surface area contributed by atoms with E-state index in [1.54, 1.807) is 0 Å². The summed E-state index contributed by atoms with van der Waals surface area (Å²) in [6.45, 7) is 0. The highest BCUT2D eigenvalue weighted by Crippen LogP contribution is 2.63. The molecule has 0 amide bonds. The van der Waals surface area contributed by atoms with Gasteiger partial charge in [-0.15, -0.1) is 4.90 Å². The van der Waals surface area contributed by atoms with Crippen molar-refractivity contribution in [2.45, 2.75) is 60.1 Å². The molecule has 0 rings (SSSR count). The predicted octanol–water partition coefficient (Wildman–Crippen LogP) is 6.86. The average molecular weight is 599 g/mol. The smallest absolute Gasteiger partial charge is 0.254 e. The maximum absolute atomic E-state index is 13.7. The number of carbonyl (C=O) groups excluding carboxylic acids is 1. The minimum absolute atomic E-state index is 5.32. The quantitative estimate of drug-likeness (QED) is 0.164. The number of hydrogen-bond acceptors (Lipinski definition) is 2. The van der Waals surface area contributed by atoms with Gasteiger partial charge in [-0.3, -0.25) is 4.79 Å². The van der Waals surface area contributed by atoms with E-state index in [1.807, 2.05) is 0 Å². The Morgan fingerprint density at radius 2 is 0.611 bits per heavy atom. The molecule has 0 aromatic rings. The molecule has 0 aliphatic rings. The molecule has 0 aromatic carbocycles. The van der Waals surface area contributed by atoms with Crippen LogP contribution in [0.15, 0.2) is 0 Å². The zero-order valence-electron chi connectivity index (χ0n) is 15.0. The van der Waals surface area contributed by atoms with Gasteiger partial charge in [0, 0.05) is 0 Å². The third kappa shape index (κ3) is 4.26. The molecule has 0 heterocycles. The minimum atomic E-state index is -9.39. The zero-order chi connectivity index (χ0) is 30.2. The molecule has 0 saturated carbocycles. The van der Waals surface area contributed by atoms with Crippen LogP contribution in [-0.4, -0.2) is 71.0 Å². The van der Waals surface area contributed by atoms with E-state index in [-0.39, 0.29) is 0 Å². The molecule has 0 spiro atoms. The van der Waals surface area contributed by atoms with E-state index in [1.165, 1.54) is 0 Å². The Kier molecular flexibility index (Phi) is 7.81. The van der Waals surface area contributed by atoms with Crippen molar-refractivity contribution in [3.8, 4) is 0 Å². The summed E-state index contributed by atoms with van der Waals surface area (Å²) in [5.41, 5.74) is 0. The van der Waals surface area contributed by atoms with Gasteiger partial charge < -0.3 is 0 Å². The van der Waals surface area contributed by atoms with Crippen molar-refractivity contribution >= 4 is 6.04 Å². The van der Waals surface area contributed by atoms with Crippen LogP contribution in [0.25, 0.3) is 0 Å². The van der Waals surface area contributed by atoms with Gasteiger partial charge in [0.15, 0.2) is 0 Å². The molecule has 0 unspecified atom stereocenters. The van der Waals surface area contributed by atoms with Gasteiger partial charge in [0.05, 0.1) is 0 Å². The molecule has 0 aliphatic carbocycles. The van der Waals surface area contributed by atoms with Crippen LogP contribution < -0.4 is 0 Å². The highest BCUT2D eigenvalue weighted by Gasteiger charge is 2.94. The van der Waals surface area contributed by atoms with Crippen LogP contribution in [-0.2, 0) is 4.79 Å². The standard InChI is InChI=1S/C11F23NO/c12-1(36)2(13,14)9(29,30)35(10(31,32)5(19,20)3(15,16)7(23,24)25)11(33,34)6(21,22)4(17,18)8(26,27)28. The Morgan fingerprint density at radius 3 is 0.778 bits per heavy atom. The number of nitrogens with zero attached hydrogens (tertiary/aromatic N) is 1. The lowest BCUT2D eigenvalue weighted by Gasteiger charge is -2.48. The number of alkyl halides is 22. The van der Waals surface area contributed by atoms with Gasteiger partial charge in [-0.2, -0.15) is 101 Å². The fourth-order valence-electron chi connectivity index (χ4n) is 1.80. The van der Waals surface area contributed by atoms with Gasteiger partial charge in [-0.05, 0) is 0 Å². The van der Waals surface area contributed by atoms with Crippen LogP contribution in [0.2, 0.25) is 0 Å². The molecule has 0 aromatic heterocycles. The van der Waals surface area contributed by atoms with E-state index >= 15 is 0 Å². The lowest BCUT2D eigenvalue weighted by molar-refractivity contribution is -0.512. The maximum Gasteiger partial charge on any atom is 0.460 e.